The summed E-state index contributed by atoms with van der Waals surface area (Å²) in [5.74, 6) is -0.874. The number of thiazole rings is 1. The van der Waals surface area contributed by atoms with Gasteiger partial charge in [-0.3, -0.25) is 9.78 Å². The highest BCUT2D eigenvalue weighted by atomic mass is 32.1. The molecule has 0 amide bonds. The van der Waals surface area contributed by atoms with Gasteiger partial charge < -0.3 is 10.4 Å². The van der Waals surface area contributed by atoms with E-state index in [2.05, 4.69) is 15.3 Å². The highest BCUT2D eigenvalue weighted by Gasteiger charge is 2.05. The van der Waals surface area contributed by atoms with E-state index in [4.69, 9.17) is 5.11 Å². The Labute approximate surface area is 95.8 Å². The van der Waals surface area contributed by atoms with Gasteiger partial charge in [-0.25, -0.2) is 4.98 Å². The third-order valence-electron chi connectivity index (χ3n) is 1.82. The van der Waals surface area contributed by atoms with E-state index in [-0.39, 0.29) is 6.42 Å². The maximum absolute atomic E-state index is 10.5. The highest BCUT2D eigenvalue weighted by molar-refractivity contribution is 7.13. The van der Waals surface area contributed by atoms with Crippen LogP contribution in [0.1, 0.15) is 5.69 Å². The second-order valence-corrected chi connectivity index (χ2v) is 3.93. The standard InChI is InChI=1S/C10H9N3O2S/c14-9(15)5-8-6-16-10(13-8)12-7-1-3-11-4-2-7/h1-4,6H,5H2,(H,14,15)(H,11,12,13). The molecule has 16 heavy (non-hydrogen) atoms. The number of anilines is 2. The van der Waals surface area contributed by atoms with Gasteiger partial charge >= 0.3 is 5.97 Å². The molecule has 2 heterocycles. The highest BCUT2D eigenvalue weighted by Crippen LogP contribution is 2.20. The van der Waals surface area contributed by atoms with E-state index in [9.17, 15) is 4.79 Å². The lowest BCUT2D eigenvalue weighted by Gasteiger charge is -1.99. The minimum absolute atomic E-state index is 0.0471. The minimum atomic E-state index is -0.874. The predicted molar refractivity (Wildman–Crippen MR) is 61.0 cm³/mol. The fourth-order valence-electron chi connectivity index (χ4n) is 1.16. The van der Waals surface area contributed by atoms with E-state index in [0.29, 0.717) is 10.8 Å². The van der Waals surface area contributed by atoms with Gasteiger partial charge in [0, 0.05) is 23.5 Å². The Morgan fingerprint density at radius 3 is 2.88 bits per heavy atom. The quantitative estimate of drug-likeness (QED) is 0.846. The first-order chi connectivity index (χ1) is 7.74. The molecule has 5 nitrogen and oxygen atoms in total. The molecule has 0 unspecified atom stereocenters. The van der Waals surface area contributed by atoms with Gasteiger partial charge in [0.2, 0.25) is 0 Å². The lowest BCUT2D eigenvalue weighted by molar-refractivity contribution is -0.136. The van der Waals surface area contributed by atoms with Crippen molar-refractivity contribution in [2.75, 3.05) is 5.32 Å². The molecule has 0 radical (unpaired) electrons. The van der Waals surface area contributed by atoms with Crippen LogP contribution < -0.4 is 5.32 Å². The summed E-state index contributed by atoms with van der Waals surface area (Å²) in [5, 5.41) is 14.1. The van der Waals surface area contributed by atoms with Crippen LogP contribution in [-0.4, -0.2) is 21.0 Å². The average molecular weight is 235 g/mol. The van der Waals surface area contributed by atoms with Crippen molar-refractivity contribution in [1.82, 2.24) is 9.97 Å². The van der Waals surface area contributed by atoms with Gasteiger partial charge in [-0.1, -0.05) is 0 Å². The number of hydrogen-bond acceptors (Lipinski definition) is 5. The Morgan fingerprint density at radius 2 is 2.19 bits per heavy atom. The van der Waals surface area contributed by atoms with Crippen molar-refractivity contribution in [3.05, 3.63) is 35.6 Å². The summed E-state index contributed by atoms with van der Waals surface area (Å²) in [6.45, 7) is 0. The van der Waals surface area contributed by atoms with Crippen LogP contribution >= 0.6 is 11.3 Å². The topological polar surface area (TPSA) is 75.1 Å². The molecular formula is C10H9N3O2S. The summed E-state index contributed by atoms with van der Waals surface area (Å²) < 4.78 is 0. The molecule has 0 saturated carbocycles. The summed E-state index contributed by atoms with van der Waals surface area (Å²) >= 11 is 1.38. The van der Waals surface area contributed by atoms with Crippen molar-refractivity contribution in [2.45, 2.75) is 6.42 Å². The number of carboxylic acids is 1. The van der Waals surface area contributed by atoms with Gasteiger partial charge in [-0.2, -0.15) is 0 Å². The van der Waals surface area contributed by atoms with E-state index in [1.165, 1.54) is 11.3 Å². The Bertz CT molecular complexity index is 484. The van der Waals surface area contributed by atoms with Crippen molar-refractivity contribution in [3.63, 3.8) is 0 Å². The first-order valence-corrected chi connectivity index (χ1v) is 5.45. The summed E-state index contributed by atoms with van der Waals surface area (Å²) in [4.78, 5) is 18.5. The van der Waals surface area contributed by atoms with Crippen molar-refractivity contribution in [3.8, 4) is 0 Å². The van der Waals surface area contributed by atoms with Crippen LogP contribution in [0, 0.1) is 0 Å². The summed E-state index contributed by atoms with van der Waals surface area (Å²) in [6, 6.07) is 3.64. The van der Waals surface area contributed by atoms with E-state index in [1.807, 2.05) is 12.1 Å². The number of hydrogen-bond donors (Lipinski definition) is 2. The van der Waals surface area contributed by atoms with E-state index < -0.39 is 5.97 Å². The van der Waals surface area contributed by atoms with Crippen LogP contribution in [0.5, 0.6) is 0 Å². The van der Waals surface area contributed by atoms with Crippen LogP contribution in [-0.2, 0) is 11.2 Å². The zero-order valence-corrected chi connectivity index (χ0v) is 9.07. The lowest BCUT2D eigenvalue weighted by atomic mass is 10.3. The number of pyridine rings is 1. The SMILES string of the molecule is O=C(O)Cc1csc(Nc2ccncc2)n1. The monoisotopic (exact) mass is 235 g/mol. The molecule has 0 spiro atoms. The van der Waals surface area contributed by atoms with Gasteiger partial charge in [0.05, 0.1) is 12.1 Å². The van der Waals surface area contributed by atoms with Crippen molar-refractivity contribution < 1.29 is 9.90 Å². The fourth-order valence-corrected chi connectivity index (χ4v) is 1.89. The van der Waals surface area contributed by atoms with Crippen LogP contribution in [0.3, 0.4) is 0 Å². The van der Waals surface area contributed by atoms with E-state index in [1.54, 1.807) is 17.8 Å². The molecule has 0 aromatic carbocycles. The Morgan fingerprint density at radius 1 is 1.44 bits per heavy atom. The molecule has 6 heteroatoms. The zero-order valence-electron chi connectivity index (χ0n) is 8.25. The molecule has 0 aliphatic carbocycles. The second kappa shape index (κ2) is 4.71. The Hall–Kier alpha value is -1.95. The molecule has 0 saturated heterocycles. The molecule has 0 aliphatic heterocycles. The third-order valence-corrected chi connectivity index (χ3v) is 2.62. The van der Waals surface area contributed by atoms with Gasteiger partial charge in [0.25, 0.3) is 0 Å². The molecule has 0 atom stereocenters. The molecule has 0 aliphatic rings. The smallest absolute Gasteiger partial charge is 0.309 e. The molecular weight excluding hydrogens is 226 g/mol. The number of carboxylic acid groups (broad SMARTS) is 1. The molecule has 2 aromatic rings. The second-order valence-electron chi connectivity index (χ2n) is 3.08. The van der Waals surface area contributed by atoms with Gasteiger partial charge in [0.15, 0.2) is 5.13 Å². The van der Waals surface area contributed by atoms with Crippen molar-refractivity contribution in [2.24, 2.45) is 0 Å². The van der Waals surface area contributed by atoms with Crippen molar-refractivity contribution >= 4 is 28.1 Å². The van der Waals surface area contributed by atoms with Crippen LogP contribution in [0.2, 0.25) is 0 Å². The number of nitrogens with zero attached hydrogens (tertiary/aromatic N) is 2. The molecule has 0 fully saturated rings. The molecule has 0 bridgehead atoms. The predicted octanol–water partition coefficient (Wildman–Crippen LogP) is 1.91. The van der Waals surface area contributed by atoms with Crippen molar-refractivity contribution in [1.29, 1.82) is 0 Å². The lowest BCUT2D eigenvalue weighted by Crippen LogP contribution is -2.00. The Balaban J connectivity index is 2.06. The average Bonchev–Trinajstić information content (AvgIpc) is 2.66. The van der Waals surface area contributed by atoms with Gasteiger partial charge in [-0.05, 0) is 12.1 Å². The number of rotatable bonds is 4. The van der Waals surface area contributed by atoms with Gasteiger partial charge in [-0.15, -0.1) is 11.3 Å². The third kappa shape index (κ3) is 2.77. The summed E-state index contributed by atoms with van der Waals surface area (Å²) in [5.41, 5.74) is 1.44. The molecule has 2 aromatic heterocycles. The first kappa shape index (κ1) is 10.6. The normalized spacial score (nSPS) is 10.0. The molecule has 82 valence electrons. The van der Waals surface area contributed by atoms with Gasteiger partial charge in [0.1, 0.15) is 0 Å². The number of nitrogens with one attached hydrogen (secondary N) is 1. The number of carbonyl (C=O) groups is 1. The van der Waals surface area contributed by atoms with E-state index >= 15 is 0 Å². The first-order valence-electron chi connectivity index (χ1n) is 4.57. The van der Waals surface area contributed by atoms with Crippen LogP contribution in [0.15, 0.2) is 29.9 Å². The summed E-state index contributed by atoms with van der Waals surface area (Å²) in [7, 11) is 0. The summed E-state index contributed by atoms with van der Waals surface area (Å²) in [6.07, 6.45) is 3.30. The molecule has 2 N–H and O–H groups in total. The minimum Gasteiger partial charge on any atom is -0.481 e. The Kier molecular flexibility index (Phi) is 3.11. The maximum Gasteiger partial charge on any atom is 0.309 e. The van der Waals surface area contributed by atoms with Crippen LogP contribution in [0.4, 0.5) is 10.8 Å². The van der Waals surface area contributed by atoms with E-state index in [0.717, 1.165) is 5.69 Å². The largest absolute Gasteiger partial charge is 0.481 e. The van der Waals surface area contributed by atoms with Crippen LogP contribution in [0.25, 0.3) is 0 Å². The molecule has 2 rings (SSSR count). The number of aliphatic carboxylic acids is 1. The number of aromatic nitrogens is 2. The zero-order chi connectivity index (χ0) is 11.4. The fraction of sp³-hybridized carbons (Fsp3) is 0.100. The maximum atomic E-state index is 10.5.